The highest BCUT2D eigenvalue weighted by Crippen LogP contribution is 2.32. The Hall–Kier alpha value is -2.74. The van der Waals surface area contributed by atoms with Gasteiger partial charge in [-0.1, -0.05) is 12.5 Å². The first-order chi connectivity index (χ1) is 16.4. The Bertz CT molecular complexity index is 935. The maximum Gasteiger partial charge on any atom is 0.416 e. The number of alkyl halides is 3. The quantitative estimate of drug-likeness (QED) is 0.533. The zero-order valence-corrected chi connectivity index (χ0v) is 19.4. The van der Waals surface area contributed by atoms with Gasteiger partial charge < -0.3 is 19.4 Å². The number of amides is 1. The smallest absolute Gasteiger partial charge is 0.416 e. The summed E-state index contributed by atoms with van der Waals surface area (Å²) < 4.78 is 44.8. The minimum atomic E-state index is -4.36. The van der Waals surface area contributed by atoms with Gasteiger partial charge in [0, 0.05) is 44.0 Å². The molecule has 2 aliphatic heterocycles. The molecule has 34 heavy (non-hydrogen) atoms. The Morgan fingerprint density at radius 3 is 2.26 bits per heavy atom. The summed E-state index contributed by atoms with van der Waals surface area (Å²) >= 11 is 0. The first-order valence-electron chi connectivity index (χ1n) is 12.1. The summed E-state index contributed by atoms with van der Waals surface area (Å²) in [4.78, 5) is 19.0. The number of piperazine rings is 1. The van der Waals surface area contributed by atoms with Crippen LogP contribution in [0.15, 0.2) is 48.5 Å². The topological polar surface area (TPSA) is 36.0 Å². The van der Waals surface area contributed by atoms with Crippen LogP contribution in [0.4, 0.5) is 18.9 Å². The molecular weight excluding hydrogens is 443 g/mol. The van der Waals surface area contributed by atoms with E-state index < -0.39 is 11.7 Å². The number of piperidine rings is 1. The number of ether oxygens (including phenoxy) is 1. The van der Waals surface area contributed by atoms with Crippen LogP contribution >= 0.6 is 0 Å². The van der Waals surface area contributed by atoms with Crippen molar-refractivity contribution in [3.05, 3.63) is 59.7 Å². The second kappa shape index (κ2) is 11.1. The highest BCUT2D eigenvalue weighted by molar-refractivity contribution is 5.94. The van der Waals surface area contributed by atoms with Crippen LogP contribution in [0.25, 0.3) is 0 Å². The predicted molar refractivity (Wildman–Crippen MR) is 126 cm³/mol. The van der Waals surface area contributed by atoms with Crippen LogP contribution in [-0.4, -0.2) is 68.1 Å². The lowest BCUT2D eigenvalue weighted by atomic mass is 10.1. The molecule has 5 nitrogen and oxygen atoms in total. The van der Waals surface area contributed by atoms with Gasteiger partial charge in [0.05, 0.1) is 12.2 Å². The second-order valence-corrected chi connectivity index (χ2v) is 8.96. The number of anilines is 1. The molecule has 2 aromatic rings. The summed E-state index contributed by atoms with van der Waals surface area (Å²) in [5.74, 6) is 0.685. The lowest BCUT2D eigenvalue weighted by molar-refractivity contribution is -0.137. The first kappa shape index (κ1) is 24.4. The van der Waals surface area contributed by atoms with Crippen molar-refractivity contribution >= 4 is 11.6 Å². The van der Waals surface area contributed by atoms with E-state index in [2.05, 4.69) is 4.90 Å². The molecule has 2 saturated heterocycles. The Morgan fingerprint density at radius 1 is 0.882 bits per heavy atom. The molecule has 0 N–H and O–H groups in total. The number of halogens is 3. The molecule has 2 aliphatic rings. The Kier molecular flexibility index (Phi) is 7.98. The molecule has 0 aromatic heterocycles. The number of rotatable bonds is 7. The number of likely N-dealkylation sites (tertiary alicyclic amines) is 1. The van der Waals surface area contributed by atoms with Crippen LogP contribution in [0.1, 0.15) is 41.6 Å². The van der Waals surface area contributed by atoms with Crippen LogP contribution in [0, 0.1) is 0 Å². The van der Waals surface area contributed by atoms with Gasteiger partial charge >= 0.3 is 6.18 Å². The van der Waals surface area contributed by atoms with Crippen molar-refractivity contribution in [2.75, 3.05) is 57.3 Å². The van der Waals surface area contributed by atoms with E-state index in [1.807, 2.05) is 17.0 Å². The largest absolute Gasteiger partial charge is 0.494 e. The number of carbonyl (C=O) groups excluding carboxylic acids is 1. The fraction of sp³-hybridized carbons (Fsp3) is 0.500. The minimum Gasteiger partial charge on any atom is -0.494 e. The van der Waals surface area contributed by atoms with Crippen LogP contribution in [0.2, 0.25) is 0 Å². The maximum atomic E-state index is 13.0. The molecule has 0 radical (unpaired) electrons. The highest BCUT2D eigenvalue weighted by atomic mass is 19.4. The average molecular weight is 476 g/mol. The summed E-state index contributed by atoms with van der Waals surface area (Å²) in [5, 5.41) is 0. The molecular formula is C26H32F3N3O2. The van der Waals surface area contributed by atoms with Gasteiger partial charge in [0.2, 0.25) is 0 Å². The van der Waals surface area contributed by atoms with E-state index in [0.717, 1.165) is 24.8 Å². The van der Waals surface area contributed by atoms with Crippen LogP contribution in [-0.2, 0) is 6.18 Å². The van der Waals surface area contributed by atoms with Crippen molar-refractivity contribution in [3.8, 4) is 5.75 Å². The molecule has 0 spiro atoms. The fourth-order valence-electron chi connectivity index (χ4n) is 4.58. The monoisotopic (exact) mass is 475 g/mol. The van der Waals surface area contributed by atoms with Crippen LogP contribution in [0.5, 0.6) is 5.75 Å². The predicted octanol–water partition coefficient (Wildman–Crippen LogP) is 4.92. The molecule has 1 amide bonds. The Morgan fingerprint density at radius 2 is 1.59 bits per heavy atom. The lowest BCUT2D eigenvalue weighted by Gasteiger charge is -2.36. The van der Waals surface area contributed by atoms with E-state index in [-0.39, 0.29) is 5.91 Å². The van der Waals surface area contributed by atoms with Gasteiger partial charge in [-0.15, -0.1) is 0 Å². The zero-order chi connectivity index (χ0) is 24.0. The normalized spacial score (nSPS) is 17.6. The van der Waals surface area contributed by atoms with E-state index in [0.29, 0.717) is 44.0 Å². The Balaban J connectivity index is 1.23. The van der Waals surface area contributed by atoms with Crippen molar-refractivity contribution in [2.45, 2.75) is 31.9 Å². The third kappa shape index (κ3) is 6.44. The highest BCUT2D eigenvalue weighted by Gasteiger charge is 2.31. The first-order valence-corrected chi connectivity index (χ1v) is 12.1. The number of carbonyl (C=O) groups is 1. The lowest BCUT2D eigenvalue weighted by Crippen LogP contribution is -2.48. The van der Waals surface area contributed by atoms with Crippen molar-refractivity contribution in [3.63, 3.8) is 0 Å². The van der Waals surface area contributed by atoms with Gasteiger partial charge in [0.25, 0.3) is 5.91 Å². The molecule has 184 valence electrons. The SMILES string of the molecule is O=C(c1ccc(OCCCN2CCCCC2)cc1)N1CCN(c2cccc(C(F)(F)F)c2)CC1. The van der Waals surface area contributed by atoms with Gasteiger partial charge in [-0.3, -0.25) is 4.79 Å². The van der Waals surface area contributed by atoms with E-state index in [4.69, 9.17) is 4.74 Å². The number of benzene rings is 2. The molecule has 8 heteroatoms. The van der Waals surface area contributed by atoms with E-state index in [1.54, 1.807) is 23.1 Å². The fourth-order valence-corrected chi connectivity index (χ4v) is 4.58. The number of hydrogen-bond donors (Lipinski definition) is 0. The minimum absolute atomic E-state index is 0.0691. The van der Waals surface area contributed by atoms with Gasteiger partial charge in [0.1, 0.15) is 5.75 Å². The second-order valence-electron chi connectivity index (χ2n) is 8.96. The third-order valence-electron chi connectivity index (χ3n) is 6.54. The number of nitrogens with zero attached hydrogens (tertiary/aromatic N) is 3. The molecule has 2 fully saturated rings. The van der Waals surface area contributed by atoms with Crippen molar-refractivity contribution in [2.24, 2.45) is 0 Å². The molecule has 0 bridgehead atoms. The average Bonchev–Trinajstić information content (AvgIpc) is 2.87. The van der Waals surface area contributed by atoms with Gasteiger partial charge in [-0.25, -0.2) is 0 Å². The summed E-state index contributed by atoms with van der Waals surface area (Å²) in [6, 6.07) is 12.6. The van der Waals surface area contributed by atoms with Crippen molar-refractivity contribution < 1.29 is 22.7 Å². The standard InChI is InChI=1S/C26H32F3N3O2/c27-26(28,29)22-6-4-7-23(20-22)31-15-17-32(18-16-31)25(33)21-8-10-24(11-9-21)34-19-5-14-30-12-2-1-3-13-30/h4,6-11,20H,1-3,5,12-19H2. The van der Waals surface area contributed by atoms with Crippen LogP contribution in [0.3, 0.4) is 0 Å². The van der Waals surface area contributed by atoms with E-state index >= 15 is 0 Å². The summed E-state index contributed by atoms with van der Waals surface area (Å²) in [7, 11) is 0. The van der Waals surface area contributed by atoms with E-state index in [1.165, 1.54) is 44.5 Å². The van der Waals surface area contributed by atoms with Gasteiger partial charge in [0.15, 0.2) is 0 Å². The molecule has 2 aromatic carbocycles. The van der Waals surface area contributed by atoms with Gasteiger partial charge in [-0.05, 0) is 74.8 Å². The van der Waals surface area contributed by atoms with Crippen LogP contribution < -0.4 is 9.64 Å². The van der Waals surface area contributed by atoms with Crippen molar-refractivity contribution in [1.82, 2.24) is 9.80 Å². The zero-order valence-electron chi connectivity index (χ0n) is 19.4. The molecule has 0 unspecified atom stereocenters. The molecule has 0 saturated carbocycles. The third-order valence-corrected chi connectivity index (χ3v) is 6.54. The van der Waals surface area contributed by atoms with Crippen molar-refractivity contribution in [1.29, 1.82) is 0 Å². The number of hydrogen-bond acceptors (Lipinski definition) is 4. The summed E-state index contributed by atoms with van der Waals surface area (Å²) in [6.07, 6.45) is 0.532. The molecule has 0 aliphatic carbocycles. The molecule has 4 rings (SSSR count). The Labute approximate surface area is 199 Å². The summed E-state index contributed by atoms with van der Waals surface area (Å²) in [5.41, 5.74) is 0.467. The summed E-state index contributed by atoms with van der Waals surface area (Å²) in [6.45, 7) is 5.99. The van der Waals surface area contributed by atoms with Gasteiger partial charge in [-0.2, -0.15) is 13.2 Å². The molecule has 2 heterocycles. The maximum absolute atomic E-state index is 13.0. The molecule has 0 atom stereocenters. The van der Waals surface area contributed by atoms with E-state index in [9.17, 15) is 18.0 Å².